The number of alkyl halides is 3. The van der Waals surface area contributed by atoms with Crippen LogP contribution in [0, 0.1) is 0 Å². The number of carbonyl (C=O) groups is 2. The smallest absolute Gasteiger partial charge is 0.454 e. The summed E-state index contributed by atoms with van der Waals surface area (Å²) in [4.78, 5) is 25.9. The first-order chi connectivity index (χ1) is 16.8. The van der Waals surface area contributed by atoms with Crippen LogP contribution in [-0.4, -0.2) is 25.0 Å². The molecule has 3 aromatic carbocycles. The van der Waals surface area contributed by atoms with Crippen LogP contribution >= 0.6 is 0 Å². The second kappa shape index (κ2) is 8.60. The molecule has 0 saturated carbocycles. The van der Waals surface area contributed by atoms with Gasteiger partial charge in [-0.2, -0.15) is 0 Å². The highest BCUT2D eigenvalue weighted by Crippen LogP contribution is 2.35. The highest BCUT2D eigenvalue weighted by molar-refractivity contribution is 6.17. The summed E-state index contributed by atoms with van der Waals surface area (Å²) in [5.74, 6) is -0.913. The van der Waals surface area contributed by atoms with E-state index in [2.05, 4.69) is 15.4 Å². The normalized spacial score (nSPS) is 12.4. The largest absolute Gasteiger partial charge is 0.573 e. The minimum Gasteiger partial charge on any atom is -0.454 e. The number of hydrogen-bond donors (Lipinski definition) is 2. The molecule has 4 aromatic rings. The second-order valence-corrected chi connectivity index (χ2v) is 7.35. The number of carbonyl (C=O) groups excluding carboxylic acids is 2. The van der Waals surface area contributed by atoms with Gasteiger partial charge in [0, 0.05) is 16.6 Å². The lowest BCUT2D eigenvalue weighted by Crippen LogP contribution is -2.18. The summed E-state index contributed by atoms with van der Waals surface area (Å²) in [7, 11) is 0. The van der Waals surface area contributed by atoms with Gasteiger partial charge in [-0.15, -0.1) is 13.2 Å². The second-order valence-electron chi connectivity index (χ2n) is 7.35. The van der Waals surface area contributed by atoms with Gasteiger partial charge in [0.05, 0.1) is 0 Å². The zero-order valence-corrected chi connectivity index (χ0v) is 17.6. The van der Waals surface area contributed by atoms with Gasteiger partial charge in [-0.25, -0.2) is 0 Å². The van der Waals surface area contributed by atoms with Gasteiger partial charge in [-0.05, 0) is 54.6 Å². The Balaban J connectivity index is 1.40. The fourth-order valence-corrected chi connectivity index (χ4v) is 3.48. The monoisotopic (exact) mass is 484 g/mol. The molecule has 0 spiro atoms. The predicted molar refractivity (Wildman–Crippen MR) is 118 cm³/mol. The Morgan fingerprint density at radius 1 is 0.857 bits per heavy atom. The zero-order chi connectivity index (χ0) is 24.6. The average molecular weight is 484 g/mol. The number of nitrogens with one attached hydrogen (secondary N) is 2. The molecule has 8 nitrogen and oxygen atoms in total. The number of rotatable bonds is 5. The van der Waals surface area contributed by atoms with Crippen LogP contribution in [0.1, 0.15) is 20.9 Å². The molecule has 35 heavy (non-hydrogen) atoms. The molecule has 0 fully saturated rings. The number of fused-ring (bicyclic) bond motifs is 2. The van der Waals surface area contributed by atoms with Crippen molar-refractivity contribution in [2.45, 2.75) is 6.36 Å². The Hall–Kier alpha value is -4.67. The fraction of sp³-hybridized carbons (Fsp3) is 0.0833. The van der Waals surface area contributed by atoms with E-state index in [1.165, 1.54) is 18.2 Å². The average Bonchev–Trinajstić information content (AvgIpc) is 3.44. The molecule has 5 rings (SSSR count). The van der Waals surface area contributed by atoms with Crippen LogP contribution in [0.25, 0.3) is 11.0 Å². The maximum absolute atomic E-state index is 13.0. The minimum absolute atomic E-state index is 0.0560. The summed E-state index contributed by atoms with van der Waals surface area (Å²) in [6, 6.07) is 16.0. The van der Waals surface area contributed by atoms with Gasteiger partial charge in [-0.1, -0.05) is 12.1 Å². The maximum atomic E-state index is 13.0. The minimum atomic E-state index is -4.83. The Morgan fingerprint density at radius 2 is 1.60 bits per heavy atom. The molecule has 2 heterocycles. The van der Waals surface area contributed by atoms with Crippen LogP contribution in [0.15, 0.2) is 71.1 Å². The molecule has 0 radical (unpaired) electrons. The van der Waals surface area contributed by atoms with Crippen molar-refractivity contribution in [3.63, 3.8) is 0 Å². The van der Waals surface area contributed by atoms with E-state index in [0.29, 0.717) is 22.5 Å². The summed E-state index contributed by atoms with van der Waals surface area (Å²) in [5.41, 5.74) is 0.953. The SMILES string of the molecule is O=C(Nc1c(C(=O)Nc2ccc(OC(F)(F)F)cc2)oc2ccccc12)c1ccc2c(c1)OCO2. The van der Waals surface area contributed by atoms with Gasteiger partial charge >= 0.3 is 6.36 Å². The number of anilines is 2. The van der Waals surface area contributed by atoms with Crippen molar-refractivity contribution in [2.24, 2.45) is 0 Å². The van der Waals surface area contributed by atoms with E-state index in [1.807, 2.05) is 0 Å². The van der Waals surface area contributed by atoms with E-state index in [9.17, 15) is 22.8 Å². The Kier molecular flexibility index (Phi) is 5.44. The van der Waals surface area contributed by atoms with Crippen LogP contribution in [0.5, 0.6) is 17.2 Å². The molecule has 2 N–H and O–H groups in total. The molecule has 0 unspecified atom stereocenters. The standard InChI is InChI=1S/C24H15F3N2O6/c25-24(26,27)35-15-8-6-14(7-9-15)28-23(31)21-20(16-3-1-2-4-17(16)34-21)29-22(30)13-5-10-18-19(11-13)33-12-32-18/h1-11H,12H2,(H,28,31)(H,29,30). The van der Waals surface area contributed by atoms with Gasteiger partial charge in [0.25, 0.3) is 11.8 Å². The molecule has 1 aliphatic rings. The molecule has 1 aromatic heterocycles. The number of amides is 2. The van der Waals surface area contributed by atoms with Gasteiger partial charge in [0.2, 0.25) is 12.6 Å². The van der Waals surface area contributed by atoms with Gasteiger partial charge in [-0.3, -0.25) is 9.59 Å². The lowest BCUT2D eigenvalue weighted by atomic mass is 10.1. The zero-order valence-electron chi connectivity index (χ0n) is 17.6. The van der Waals surface area contributed by atoms with Crippen LogP contribution < -0.4 is 24.8 Å². The van der Waals surface area contributed by atoms with E-state index < -0.39 is 23.9 Å². The predicted octanol–water partition coefficient (Wildman–Crippen LogP) is 5.56. The van der Waals surface area contributed by atoms with E-state index in [4.69, 9.17) is 13.9 Å². The van der Waals surface area contributed by atoms with E-state index in [1.54, 1.807) is 36.4 Å². The van der Waals surface area contributed by atoms with Crippen LogP contribution in [-0.2, 0) is 0 Å². The molecule has 0 saturated heterocycles. The third-order valence-electron chi connectivity index (χ3n) is 5.02. The van der Waals surface area contributed by atoms with Crippen molar-refractivity contribution < 1.29 is 41.4 Å². The Labute approximate surface area is 195 Å². The van der Waals surface area contributed by atoms with Crippen LogP contribution in [0.2, 0.25) is 0 Å². The molecule has 2 amide bonds. The van der Waals surface area contributed by atoms with E-state index in [-0.39, 0.29) is 29.5 Å². The number of furan rings is 1. The molecule has 11 heteroatoms. The third kappa shape index (κ3) is 4.69. The summed E-state index contributed by atoms with van der Waals surface area (Å²) in [5, 5.41) is 5.73. The van der Waals surface area contributed by atoms with Crippen molar-refractivity contribution in [1.29, 1.82) is 0 Å². The summed E-state index contributed by atoms with van der Waals surface area (Å²) >= 11 is 0. The van der Waals surface area contributed by atoms with E-state index >= 15 is 0 Å². The molecule has 0 aliphatic carbocycles. The van der Waals surface area contributed by atoms with Gasteiger partial charge in [0.1, 0.15) is 17.0 Å². The quantitative estimate of drug-likeness (QED) is 0.385. The molecule has 0 atom stereocenters. The molecule has 178 valence electrons. The maximum Gasteiger partial charge on any atom is 0.573 e. The lowest BCUT2D eigenvalue weighted by Gasteiger charge is -2.10. The van der Waals surface area contributed by atoms with Crippen molar-refractivity contribution >= 4 is 34.2 Å². The van der Waals surface area contributed by atoms with Crippen molar-refractivity contribution in [3.05, 3.63) is 78.1 Å². The fourth-order valence-electron chi connectivity index (χ4n) is 3.48. The topological polar surface area (TPSA) is 99.0 Å². The highest BCUT2D eigenvalue weighted by atomic mass is 19.4. The summed E-state index contributed by atoms with van der Waals surface area (Å²) in [6.07, 6.45) is -4.83. The number of halogens is 3. The number of hydrogen-bond acceptors (Lipinski definition) is 6. The van der Waals surface area contributed by atoms with Crippen molar-refractivity contribution in [3.8, 4) is 17.2 Å². The summed E-state index contributed by atoms with van der Waals surface area (Å²) in [6.45, 7) is 0.0560. The number of para-hydroxylation sites is 1. The van der Waals surface area contributed by atoms with Crippen molar-refractivity contribution in [2.75, 3.05) is 17.4 Å². The third-order valence-corrected chi connectivity index (χ3v) is 5.02. The highest BCUT2D eigenvalue weighted by Gasteiger charge is 2.31. The molecular formula is C24H15F3N2O6. The van der Waals surface area contributed by atoms with Crippen LogP contribution in [0.3, 0.4) is 0 Å². The Morgan fingerprint density at radius 3 is 2.37 bits per heavy atom. The van der Waals surface area contributed by atoms with Crippen molar-refractivity contribution in [1.82, 2.24) is 0 Å². The molecule has 0 bridgehead atoms. The molecular weight excluding hydrogens is 469 g/mol. The molecule has 1 aliphatic heterocycles. The first-order valence-corrected chi connectivity index (χ1v) is 10.2. The number of ether oxygens (including phenoxy) is 3. The lowest BCUT2D eigenvalue weighted by molar-refractivity contribution is -0.274. The first kappa shape index (κ1) is 22.1. The summed E-state index contributed by atoms with van der Waals surface area (Å²) < 4.78 is 57.1. The van der Waals surface area contributed by atoms with Gasteiger partial charge < -0.3 is 29.3 Å². The number of benzene rings is 3. The van der Waals surface area contributed by atoms with Crippen LogP contribution in [0.4, 0.5) is 24.5 Å². The first-order valence-electron chi connectivity index (χ1n) is 10.2. The van der Waals surface area contributed by atoms with Gasteiger partial charge in [0.15, 0.2) is 11.5 Å². The Bertz CT molecular complexity index is 1430. The van der Waals surface area contributed by atoms with E-state index in [0.717, 1.165) is 12.1 Å².